The van der Waals surface area contributed by atoms with Crippen molar-refractivity contribution in [3.63, 3.8) is 0 Å². The summed E-state index contributed by atoms with van der Waals surface area (Å²) < 4.78 is 5.11. The largest absolute Gasteiger partial charge is 0.387 e. The van der Waals surface area contributed by atoms with Crippen molar-refractivity contribution in [3.05, 3.63) is 51.9 Å². The number of carbonyl (C=O) groups is 1. The van der Waals surface area contributed by atoms with E-state index in [1.807, 2.05) is 20.8 Å². The Morgan fingerprint density at radius 1 is 1.35 bits per heavy atom. The molecule has 5 nitrogen and oxygen atoms in total. The molecule has 2 rings (SSSR count). The molecule has 124 valence electrons. The van der Waals surface area contributed by atoms with Gasteiger partial charge < -0.3 is 14.9 Å². The maximum absolute atomic E-state index is 12.2. The highest BCUT2D eigenvalue weighted by Crippen LogP contribution is 2.18. The minimum atomic E-state index is -0.762. The topological polar surface area (TPSA) is 75.4 Å². The SMILES string of the molecule is Cc1noc(C)c1CC(C)C(=O)NCC(O)c1ccc(Cl)cc1. The van der Waals surface area contributed by atoms with Crippen LogP contribution in [0.2, 0.25) is 5.02 Å². The number of aromatic nitrogens is 1. The van der Waals surface area contributed by atoms with Crippen LogP contribution in [0.4, 0.5) is 0 Å². The summed E-state index contributed by atoms with van der Waals surface area (Å²) in [6, 6.07) is 6.91. The first-order valence-electron chi connectivity index (χ1n) is 7.51. The van der Waals surface area contributed by atoms with Crippen LogP contribution in [0.25, 0.3) is 0 Å². The Labute approximate surface area is 140 Å². The van der Waals surface area contributed by atoms with Gasteiger partial charge in [-0.1, -0.05) is 35.8 Å². The molecule has 6 heteroatoms. The van der Waals surface area contributed by atoms with Gasteiger partial charge in [-0.2, -0.15) is 0 Å². The summed E-state index contributed by atoms with van der Waals surface area (Å²) in [5, 5.41) is 17.4. The first-order chi connectivity index (χ1) is 10.9. The normalized spacial score (nSPS) is 13.6. The molecule has 0 spiro atoms. The smallest absolute Gasteiger partial charge is 0.223 e. The molecule has 0 saturated carbocycles. The lowest BCUT2D eigenvalue weighted by atomic mass is 9.99. The highest BCUT2D eigenvalue weighted by atomic mass is 35.5. The average molecular weight is 337 g/mol. The van der Waals surface area contributed by atoms with E-state index < -0.39 is 6.10 Å². The lowest BCUT2D eigenvalue weighted by Gasteiger charge is -2.15. The second-order valence-corrected chi connectivity index (χ2v) is 6.16. The second kappa shape index (κ2) is 7.62. The third-order valence-electron chi connectivity index (χ3n) is 3.86. The predicted molar refractivity (Wildman–Crippen MR) is 88.3 cm³/mol. The third kappa shape index (κ3) is 4.56. The first-order valence-corrected chi connectivity index (χ1v) is 7.89. The fourth-order valence-corrected chi connectivity index (χ4v) is 2.49. The number of nitrogens with one attached hydrogen (secondary N) is 1. The van der Waals surface area contributed by atoms with Gasteiger partial charge in [0.25, 0.3) is 0 Å². The molecule has 2 atom stereocenters. The van der Waals surface area contributed by atoms with Crippen molar-refractivity contribution in [1.82, 2.24) is 10.5 Å². The van der Waals surface area contributed by atoms with Crippen molar-refractivity contribution >= 4 is 17.5 Å². The van der Waals surface area contributed by atoms with Gasteiger partial charge in [-0.3, -0.25) is 4.79 Å². The zero-order chi connectivity index (χ0) is 17.0. The van der Waals surface area contributed by atoms with Crippen LogP contribution in [-0.4, -0.2) is 22.7 Å². The zero-order valence-electron chi connectivity index (χ0n) is 13.5. The fraction of sp³-hybridized carbons (Fsp3) is 0.412. The van der Waals surface area contributed by atoms with Crippen LogP contribution >= 0.6 is 11.6 Å². The molecule has 1 aromatic carbocycles. The van der Waals surface area contributed by atoms with E-state index in [0.717, 1.165) is 17.0 Å². The Kier molecular flexibility index (Phi) is 5.80. The Hall–Kier alpha value is -1.85. The first kappa shape index (κ1) is 17.5. The molecular weight excluding hydrogens is 316 g/mol. The van der Waals surface area contributed by atoms with Crippen molar-refractivity contribution < 1.29 is 14.4 Å². The minimum Gasteiger partial charge on any atom is -0.387 e. The lowest BCUT2D eigenvalue weighted by Crippen LogP contribution is -2.33. The van der Waals surface area contributed by atoms with Crippen molar-refractivity contribution in [2.45, 2.75) is 33.3 Å². The molecule has 0 aliphatic rings. The van der Waals surface area contributed by atoms with E-state index in [1.54, 1.807) is 24.3 Å². The van der Waals surface area contributed by atoms with Crippen LogP contribution in [0.1, 0.15) is 35.6 Å². The Bertz CT molecular complexity index is 647. The molecular formula is C17H21ClN2O3. The molecule has 23 heavy (non-hydrogen) atoms. The van der Waals surface area contributed by atoms with Gasteiger partial charge in [0.15, 0.2) is 0 Å². The van der Waals surface area contributed by atoms with Crippen LogP contribution < -0.4 is 5.32 Å². The monoisotopic (exact) mass is 336 g/mol. The van der Waals surface area contributed by atoms with Gasteiger partial charge in [-0.15, -0.1) is 0 Å². The van der Waals surface area contributed by atoms with Crippen molar-refractivity contribution in [1.29, 1.82) is 0 Å². The van der Waals surface area contributed by atoms with Crippen LogP contribution in [0.3, 0.4) is 0 Å². The van der Waals surface area contributed by atoms with Crippen molar-refractivity contribution in [3.8, 4) is 0 Å². The number of aryl methyl sites for hydroxylation is 2. The van der Waals surface area contributed by atoms with Gasteiger partial charge in [0.2, 0.25) is 5.91 Å². The van der Waals surface area contributed by atoms with E-state index in [0.29, 0.717) is 17.0 Å². The number of aliphatic hydroxyl groups excluding tert-OH is 1. The van der Waals surface area contributed by atoms with Gasteiger partial charge in [-0.05, 0) is 38.0 Å². The van der Waals surface area contributed by atoms with Gasteiger partial charge >= 0.3 is 0 Å². The Morgan fingerprint density at radius 2 is 2.00 bits per heavy atom. The van der Waals surface area contributed by atoms with Gasteiger partial charge in [-0.25, -0.2) is 0 Å². The number of benzene rings is 1. The molecule has 0 saturated heterocycles. The van der Waals surface area contributed by atoms with Crippen molar-refractivity contribution in [2.24, 2.45) is 5.92 Å². The second-order valence-electron chi connectivity index (χ2n) is 5.72. The predicted octanol–water partition coefficient (Wildman–Crippen LogP) is 2.97. The number of nitrogens with zero attached hydrogens (tertiary/aromatic N) is 1. The molecule has 1 amide bonds. The number of hydrogen-bond acceptors (Lipinski definition) is 4. The maximum atomic E-state index is 12.2. The average Bonchev–Trinajstić information content (AvgIpc) is 2.84. The molecule has 2 aromatic rings. The van der Waals surface area contributed by atoms with Crippen LogP contribution in [0.15, 0.2) is 28.8 Å². The van der Waals surface area contributed by atoms with Gasteiger partial charge in [0, 0.05) is 23.0 Å². The molecule has 0 bridgehead atoms. The highest BCUT2D eigenvalue weighted by Gasteiger charge is 2.19. The summed E-state index contributed by atoms with van der Waals surface area (Å²) in [5.41, 5.74) is 2.49. The molecule has 0 fully saturated rings. The molecule has 2 unspecified atom stereocenters. The van der Waals surface area contributed by atoms with E-state index in [-0.39, 0.29) is 18.4 Å². The third-order valence-corrected chi connectivity index (χ3v) is 4.12. The number of carbonyl (C=O) groups excluding carboxylic acids is 1. The fourth-order valence-electron chi connectivity index (χ4n) is 2.37. The van der Waals surface area contributed by atoms with Crippen LogP contribution in [-0.2, 0) is 11.2 Å². The van der Waals surface area contributed by atoms with Gasteiger partial charge in [0.05, 0.1) is 11.8 Å². The van der Waals surface area contributed by atoms with E-state index in [4.69, 9.17) is 16.1 Å². The lowest BCUT2D eigenvalue weighted by molar-refractivity contribution is -0.124. The number of amides is 1. The molecule has 0 aliphatic carbocycles. The van der Waals surface area contributed by atoms with Crippen LogP contribution in [0, 0.1) is 19.8 Å². The van der Waals surface area contributed by atoms with E-state index in [2.05, 4.69) is 10.5 Å². The molecule has 1 aromatic heterocycles. The molecule has 0 aliphatic heterocycles. The number of rotatable bonds is 6. The van der Waals surface area contributed by atoms with E-state index in [1.165, 1.54) is 0 Å². The summed E-state index contributed by atoms with van der Waals surface area (Å²) in [6.07, 6.45) is -0.202. The van der Waals surface area contributed by atoms with E-state index in [9.17, 15) is 9.90 Å². The standard InChI is InChI=1S/C17H21ClN2O3/c1-10(8-15-11(2)20-23-12(15)3)17(22)19-9-16(21)13-4-6-14(18)7-5-13/h4-7,10,16,21H,8-9H2,1-3H3,(H,19,22). The maximum Gasteiger partial charge on any atom is 0.223 e. The van der Waals surface area contributed by atoms with Gasteiger partial charge in [0.1, 0.15) is 5.76 Å². The number of aliphatic hydroxyl groups is 1. The van der Waals surface area contributed by atoms with Crippen LogP contribution in [0.5, 0.6) is 0 Å². The summed E-state index contributed by atoms with van der Waals surface area (Å²) in [7, 11) is 0. The van der Waals surface area contributed by atoms with E-state index >= 15 is 0 Å². The number of hydrogen-bond donors (Lipinski definition) is 2. The Balaban J connectivity index is 1.87. The summed E-state index contributed by atoms with van der Waals surface area (Å²) in [5.74, 6) is 0.394. The summed E-state index contributed by atoms with van der Waals surface area (Å²) >= 11 is 5.81. The summed E-state index contributed by atoms with van der Waals surface area (Å²) in [4.78, 5) is 12.2. The quantitative estimate of drug-likeness (QED) is 0.850. The minimum absolute atomic E-state index is 0.113. The Morgan fingerprint density at radius 3 is 2.57 bits per heavy atom. The molecule has 1 heterocycles. The number of halogens is 1. The zero-order valence-corrected chi connectivity index (χ0v) is 14.2. The molecule has 2 N–H and O–H groups in total. The summed E-state index contributed by atoms with van der Waals surface area (Å²) in [6.45, 7) is 5.70. The van der Waals surface area contributed by atoms with Crippen molar-refractivity contribution in [2.75, 3.05) is 6.54 Å². The highest BCUT2D eigenvalue weighted by molar-refractivity contribution is 6.30. The molecule has 0 radical (unpaired) electrons.